The van der Waals surface area contributed by atoms with Gasteiger partial charge in [-0.3, -0.25) is 14.9 Å². The second-order valence-corrected chi connectivity index (χ2v) is 6.23. The number of rotatable bonds is 1. The van der Waals surface area contributed by atoms with Gasteiger partial charge in [0.05, 0.1) is 5.41 Å². The highest BCUT2D eigenvalue weighted by molar-refractivity contribution is 5.99. The molecule has 1 aromatic heterocycles. The maximum Gasteiger partial charge on any atom is 0.234 e. The zero-order valence-corrected chi connectivity index (χ0v) is 12.4. The summed E-state index contributed by atoms with van der Waals surface area (Å²) in [6.45, 7) is 3.58. The van der Waals surface area contributed by atoms with Gasteiger partial charge < -0.3 is 4.90 Å². The van der Waals surface area contributed by atoms with Crippen LogP contribution in [0.25, 0.3) is 0 Å². The summed E-state index contributed by atoms with van der Waals surface area (Å²) in [4.78, 5) is 30.7. The molecule has 0 radical (unpaired) electrons. The number of pyridine rings is 1. The summed E-state index contributed by atoms with van der Waals surface area (Å²) < 4.78 is 0. The van der Waals surface area contributed by atoms with Gasteiger partial charge in [0.2, 0.25) is 11.8 Å². The number of aryl methyl sites for hydroxylation is 1. The number of hydrogen-bond donors (Lipinski definition) is 1. The Morgan fingerprint density at radius 1 is 1.24 bits per heavy atom. The van der Waals surface area contributed by atoms with E-state index in [0.29, 0.717) is 13.0 Å². The third kappa shape index (κ3) is 2.77. The van der Waals surface area contributed by atoms with Crippen molar-refractivity contribution in [3.8, 4) is 0 Å². The van der Waals surface area contributed by atoms with Gasteiger partial charge in [0.25, 0.3) is 0 Å². The molecular weight excluding hydrogens is 266 g/mol. The van der Waals surface area contributed by atoms with Crippen LogP contribution in [0.3, 0.4) is 0 Å². The first-order chi connectivity index (χ1) is 10.1. The Labute approximate surface area is 124 Å². The van der Waals surface area contributed by atoms with Crippen LogP contribution < -0.4 is 10.2 Å². The minimum atomic E-state index is -0.434. The lowest BCUT2D eigenvalue weighted by atomic mass is 9.75. The normalized spacial score (nSPS) is 26.6. The summed E-state index contributed by atoms with van der Waals surface area (Å²) in [5.41, 5.74) is 0.694. The summed E-state index contributed by atoms with van der Waals surface area (Å²) in [5.74, 6) is 0.687. The van der Waals surface area contributed by atoms with Crippen molar-refractivity contribution in [2.45, 2.75) is 39.0 Å². The first-order valence-electron chi connectivity index (χ1n) is 7.61. The van der Waals surface area contributed by atoms with Crippen molar-refractivity contribution in [2.24, 2.45) is 5.41 Å². The van der Waals surface area contributed by atoms with E-state index in [0.717, 1.165) is 43.6 Å². The van der Waals surface area contributed by atoms with Gasteiger partial charge in [-0.05, 0) is 44.2 Å². The third-order valence-corrected chi connectivity index (χ3v) is 4.59. The number of carbonyl (C=O) groups is 2. The number of aromatic nitrogens is 1. The Bertz CT molecular complexity index is 555. The van der Waals surface area contributed by atoms with Crippen LogP contribution in [0.1, 0.15) is 37.7 Å². The zero-order valence-electron chi connectivity index (χ0n) is 12.4. The quantitative estimate of drug-likeness (QED) is 0.800. The lowest BCUT2D eigenvalue weighted by Crippen LogP contribution is -2.52. The molecule has 1 aromatic rings. The van der Waals surface area contributed by atoms with Gasteiger partial charge >= 0.3 is 0 Å². The molecule has 3 heterocycles. The average molecular weight is 287 g/mol. The largest absolute Gasteiger partial charge is 0.356 e. The summed E-state index contributed by atoms with van der Waals surface area (Å²) in [5, 5.41) is 2.56. The molecule has 1 spiro atoms. The highest BCUT2D eigenvalue weighted by Gasteiger charge is 2.44. The Kier molecular flexibility index (Phi) is 3.66. The van der Waals surface area contributed by atoms with Crippen molar-refractivity contribution >= 4 is 17.6 Å². The van der Waals surface area contributed by atoms with Gasteiger partial charge in [0.15, 0.2) is 0 Å². The number of nitrogens with zero attached hydrogens (tertiary/aromatic N) is 2. The molecule has 2 aliphatic rings. The smallest absolute Gasteiger partial charge is 0.234 e. The molecule has 1 N–H and O–H groups in total. The fourth-order valence-corrected chi connectivity index (χ4v) is 3.39. The van der Waals surface area contributed by atoms with Crippen LogP contribution in [0.15, 0.2) is 18.3 Å². The van der Waals surface area contributed by atoms with Crippen molar-refractivity contribution in [1.29, 1.82) is 0 Å². The van der Waals surface area contributed by atoms with E-state index in [2.05, 4.69) is 15.2 Å². The Morgan fingerprint density at radius 2 is 2.05 bits per heavy atom. The Morgan fingerprint density at radius 3 is 2.81 bits per heavy atom. The standard InChI is InChI=1S/C16H21N3O2/c1-12-5-6-13(17-10-12)19-9-3-8-16(11-19)7-2-4-14(20)18-15(16)21/h5-6,10H,2-4,7-9,11H2,1H3,(H,18,20,21). The Balaban J connectivity index is 1.82. The van der Waals surface area contributed by atoms with E-state index < -0.39 is 5.41 Å². The monoisotopic (exact) mass is 287 g/mol. The number of imide groups is 1. The molecule has 5 heteroatoms. The fourth-order valence-electron chi connectivity index (χ4n) is 3.39. The van der Waals surface area contributed by atoms with Crippen LogP contribution >= 0.6 is 0 Å². The average Bonchev–Trinajstić information content (AvgIpc) is 2.60. The van der Waals surface area contributed by atoms with Crippen LogP contribution in [-0.4, -0.2) is 29.9 Å². The molecule has 0 aromatic carbocycles. The van der Waals surface area contributed by atoms with Crippen LogP contribution in [0.2, 0.25) is 0 Å². The lowest BCUT2D eigenvalue weighted by molar-refractivity contribution is -0.136. The molecule has 3 rings (SSSR count). The number of amides is 2. The summed E-state index contributed by atoms with van der Waals surface area (Å²) >= 11 is 0. The van der Waals surface area contributed by atoms with Gasteiger partial charge in [-0.1, -0.05) is 6.07 Å². The minimum absolute atomic E-state index is 0.0955. The molecule has 0 saturated carbocycles. The lowest BCUT2D eigenvalue weighted by Gasteiger charge is -2.41. The maximum atomic E-state index is 12.5. The van der Waals surface area contributed by atoms with Crippen molar-refractivity contribution in [3.63, 3.8) is 0 Å². The fraction of sp³-hybridized carbons (Fsp3) is 0.562. The zero-order chi connectivity index (χ0) is 14.9. The Hall–Kier alpha value is -1.91. The number of carbonyl (C=O) groups excluding carboxylic acids is 2. The molecule has 5 nitrogen and oxygen atoms in total. The van der Waals surface area contributed by atoms with Gasteiger partial charge in [-0.15, -0.1) is 0 Å². The first-order valence-corrected chi connectivity index (χ1v) is 7.61. The van der Waals surface area contributed by atoms with Crippen LogP contribution in [0.5, 0.6) is 0 Å². The van der Waals surface area contributed by atoms with E-state index >= 15 is 0 Å². The first kappa shape index (κ1) is 14.0. The van der Waals surface area contributed by atoms with Crippen molar-refractivity contribution in [3.05, 3.63) is 23.9 Å². The second kappa shape index (κ2) is 5.47. The second-order valence-electron chi connectivity index (χ2n) is 6.23. The SMILES string of the molecule is Cc1ccc(N2CCCC3(CCCC(=O)NC3=O)C2)nc1. The number of anilines is 1. The van der Waals surface area contributed by atoms with E-state index in [-0.39, 0.29) is 11.8 Å². The highest BCUT2D eigenvalue weighted by Crippen LogP contribution is 2.38. The molecule has 2 amide bonds. The number of hydrogen-bond acceptors (Lipinski definition) is 4. The topological polar surface area (TPSA) is 62.3 Å². The highest BCUT2D eigenvalue weighted by atomic mass is 16.2. The predicted molar refractivity (Wildman–Crippen MR) is 79.9 cm³/mol. The summed E-state index contributed by atoms with van der Waals surface area (Å²) in [7, 11) is 0. The van der Waals surface area contributed by atoms with Crippen molar-refractivity contribution < 1.29 is 9.59 Å². The molecule has 2 fully saturated rings. The molecular formula is C16H21N3O2. The van der Waals surface area contributed by atoms with Crippen LogP contribution in [0, 0.1) is 12.3 Å². The van der Waals surface area contributed by atoms with Gasteiger partial charge in [0.1, 0.15) is 5.82 Å². The number of nitrogens with one attached hydrogen (secondary N) is 1. The molecule has 1 atom stereocenters. The van der Waals surface area contributed by atoms with Gasteiger partial charge in [-0.25, -0.2) is 4.98 Å². The van der Waals surface area contributed by atoms with Gasteiger partial charge in [-0.2, -0.15) is 0 Å². The molecule has 112 valence electrons. The summed E-state index contributed by atoms with van der Waals surface area (Å²) in [6.07, 6.45) is 5.69. The van der Waals surface area contributed by atoms with Crippen molar-refractivity contribution in [1.82, 2.24) is 10.3 Å². The van der Waals surface area contributed by atoms with E-state index in [1.54, 1.807) is 0 Å². The van der Waals surface area contributed by atoms with E-state index in [1.807, 2.05) is 25.3 Å². The van der Waals surface area contributed by atoms with Crippen molar-refractivity contribution in [2.75, 3.05) is 18.0 Å². The molecule has 0 bridgehead atoms. The number of piperidine rings is 1. The van der Waals surface area contributed by atoms with Gasteiger partial charge in [0, 0.05) is 25.7 Å². The third-order valence-electron chi connectivity index (χ3n) is 4.59. The van der Waals surface area contributed by atoms with E-state index in [9.17, 15) is 9.59 Å². The molecule has 2 aliphatic heterocycles. The van der Waals surface area contributed by atoms with Crippen LogP contribution in [0.4, 0.5) is 5.82 Å². The predicted octanol–water partition coefficient (Wildman–Crippen LogP) is 1.80. The van der Waals surface area contributed by atoms with E-state index in [1.165, 1.54) is 0 Å². The molecule has 1 unspecified atom stereocenters. The minimum Gasteiger partial charge on any atom is -0.356 e. The van der Waals surface area contributed by atoms with E-state index in [4.69, 9.17) is 0 Å². The van der Waals surface area contributed by atoms with Crippen LogP contribution in [-0.2, 0) is 9.59 Å². The molecule has 21 heavy (non-hydrogen) atoms. The molecule has 0 aliphatic carbocycles. The summed E-state index contributed by atoms with van der Waals surface area (Å²) in [6, 6.07) is 4.05. The molecule has 2 saturated heterocycles. The maximum absolute atomic E-state index is 12.5.